The maximum absolute atomic E-state index is 13.7. The van der Waals surface area contributed by atoms with E-state index < -0.39 is 23.9 Å². The average Bonchev–Trinajstić information content (AvgIpc) is 3.63. The standard InChI is InChI=1S/C26H26F3N7O/c1-16(19-15-34(2)33-22(19)26(27,28)29)32-24(37)35-11-8-25(9-12-36-21(25)7-10-31-36)23(35)18-13-17-5-3-4-6-20(17)30-14-18/h3-7,10,13-16,23H,8-9,11-12H2,1-2H3,(H,32,37). The number of aryl methyl sites for hydroxylation is 2. The van der Waals surface area contributed by atoms with E-state index >= 15 is 0 Å². The highest BCUT2D eigenvalue weighted by atomic mass is 19.4. The van der Waals surface area contributed by atoms with E-state index in [4.69, 9.17) is 0 Å². The van der Waals surface area contributed by atoms with E-state index in [9.17, 15) is 18.0 Å². The largest absolute Gasteiger partial charge is 0.435 e. The third-order valence-electron chi connectivity index (χ3n) is 7.75. The number of aromatic nitrogens is 5. The van der Waals surface area contributed by atoms with Crippen molar-refractivity contribution in [1.82, 2.24) is 34.8 Å². The molecule has 1 spiro atoms. The minimum atomic E-state index is -4.62. The lowest BCUT2D eigenvalue weighted by Crippen LogP contribution is -2.44. The highest BCUT2D eigenvalue weighted by Crippen LogP contribution is 2.54. The molecular formula is C26H26F3N7O. The third kappa shape index (κ3) is 3.75. The first-order valence-electron chi connectivity index (χ1n) is 12.2. The monoisotopic (exact) mass is 509 g/mol. The zero-order valence-corrected chi connectivity index (χ0v) is 20.4. The molecule has 2 amide bonds. The SMILES string of the molecule is CC(NC(=O)N1CCC2(CCn3nccc32)C1c1cnc2ccccc2c1)c1cn(C)nc1C(F)(F)F. The highest BCUT2D eigenvalue weighted by molar-refractivity contribution is 5.80. The van der Waals surface area contributed by atoms with Gasteiger partial charge in [-0.1, -0.05) is 18.2 Å². The van der Waals surface area contributed by atoms with Gasteiger partial charge in [0.2, 0.25) is 0 Å². The number of hydrogen-bond acceptors (Lipinski definition) is 4. The van der Waals surface area contributed by atoms with Gasteiger partial charge < -0.3 is 10.2 Å². The number of rotatable bonds is 3. The second-order valence-corrected chi connectivity index (χ2v) is 9.93. The molecule has 3 unspecified atom stereocenters. The van der Waals surface area contributed by atoms with Crippen LogP contribution in [0.3, 0.4) is 0 Å². The molecule has 1 saturated heterocycles. The number of amides is 2. The van der Waals surface area contributed by atoms with Crippen LogP contribution >= 0.6 is 0 Å². The van der Waals surface area contributed by atoms with Crippen LogP contribution < -0.4 is 5.32 Å². The third-order valence-corrected chi connectivity index (χ3v) is 7.75. The molecule has 1 aromatic carbocycles. The molecule has 0 saturated carbocycles. The first kappa shape index (κ1) is 23.5. The lowest BCUT2D eigenvalue weighted by atomic mass is 9.74. The van der Waals surface area contributed by atoms with E-state index in [1.807, 2.05) is 41.2 Å². The van der Waals surface area contributed by atoms with Gasteiger partial charge in [-0.15, -0.1) is 0 Å². The van der Waals surface area contributed by atoms with E-state index in [1.165, 1.54) is 13.2 Å². The molecular weight excluding hydrogens is 483 g/mol. The molecule has 192 valence electrons. The van der Waals surface area contributed by atoms with Crippen molar-refractivity contribution >= 4 is 16.9 Å². The molecule has 3 atom stereocenters. The number of carbonyl (C=O) groups excluding carboxylic acids is 1. The van der Waals surface area contributed by atoms with Crippen LogP contribution in [-0.4, -0.2) is 42.0 Å². The van der Waals surface area contributed by atoms with E-state index in [2.05, 4.69) is 26.6 Å². The number of urea groups is 1. The summed E-state index contributed by atoms with van der Waals surface area (Å²) >= 11 is 0. The lowest BCUT2D eigenvalue weighted by molar-refractivity contribution is -0.142. The summed E-state index contributed by atoms with van der Waals surface area (Å²) in [5.41, 5.74) is 1.41. The molecule has 2 aliphatic rings. The summed E-state index contributed by atoms with van der Waals surface area (Å²) < 4.78 is 43.8. The van der Waals surface area contributed by atoms with Crippen LogP contribution in [0.4, 0.5) is 18.0 Å². The number of fused-ring (bicyclic) bond motifs is 3. The van der Waals surface area contributed by atoms with Crippen LogP contribution in [0.1, 0.15) is 54.4 Å². The molecule has 5 heterocycles. The minimum absolute atomic E-state index is 0.0693. The Labute approximate surface area is 211 Å². The van der Waals surface area contributed by atoms with Crippen LogP contribution in [0.15, 0.2) is 55.0 Å². The van der Waals surface area contributed by atoms with Crippen molar-refractivity contribution in [2.75, 3.05) is 6.54 Å². The van der Waals surface area contributed by atoms with Gasteiger partial charge in [0.15, 0.2) is 5.69 Å². The maximum atomic E-state index is 13.7. The number of hydrogen-bond donors (Lipinski definition) is 1. The van der Waals surface area contributed by atoms with Crippen LogP contribution in [0.2, 0.25) is 0 Å². The molecule has 1 N–H and O–H groups in total. The Bertz CT molecular complexity index is 1490. The second-order valence-electron chi connectivity index (χ2n) is 9.93. The first-order chi connectivity index (χ1) is 17.7. The first-order valence-corrected chi connectivity index (χ1v) is 12.2. The molecule has 1 fully saturated rings. The Morgan fingerprint density at radius 3 is 2.78 bits per heavy atom. The molecule has 37 heavy (non-hydrogen) atoms. The Morgan fingerprint density at radius 1 is 1.19 bits per heavy atom. The van der Waals surface area contributed by atoms with Crippen molar-refractivity contribution < 1.29 is 18.0 Å². The van der Waals surface area contributed by atoms with Gasteiger partial charge in [-0.3, -0.25) is 14.3 Å². The van der Waals surface area contributed by atoms with Crippen molar-refractivity contribution in [2.45, 2.75) is 50.0 Å². The predicted molar refractivity (Wildman–Crippen MR) is 129 cm³/mol. The number of carbonyl (C=O) groups is 1. The fraction of sp³-hybridized carbons (Fsp3) is 0.385. The zero-order valence-electron chi connectivity index (χ0n) is 20.4. The molecule has 2 aliphatic heterocycles. The topological polar surface area (TPSA) is 80.9 Å². The molecule has 0 bridgehead atoms. The minimum Gasteiger partial charge on any atom is -0.331 e. The second kappa shape index (κ2) is 8.32. The Balaban J connectivity index is 1.37. The highest BCUT2D eigenvalue weighted by Gasteiger charge is 2.55. The van der Waals surface area contributed by atoms with Crippen molar-refractivity contribution in [1.29, 1.82) is 0 Å². The zero-order chi connectivity index (χ0) is 25.9. The summed E-state index contributed by atoms with van der Waals surface area (Å²) in [5.74, 6) is 0. The molecule has 8 nitrogen and oxygen atoms in total. The van der Waals surface area contributed by atoms with Gasteiger partial charge in [0.1, 0.15) is 0 Å². The smallest absolute Gasteiger partial charge is 0.331 e. The lowest BCUT2D eigenvalue weighted by Gasteiger charge is -2.35. The number of likely N-dealkylation sites (tertiary alicyclic amines) is 1. The number of benzene rings is 1. The van der Waals surface area contributed by atoms with Crippen molar-refractivity contribution in [3.63, 3.8) is 0 Å². The van der Waals surface area contributed by atoms with Gasteiger partial charge in [0, 0.05) is 60.8 Å². The van der Waals surface area contributed by atoms with Gasteiger partial charge in [-0.05, 0) is 43.5 Å². The molecule has 0 aliphatic carbocycles. The fourth-order valence-electron chi connectivity index (χ4n) is 6.13. The van der Waals surface area contributed by atoms with Crippen LogP contribution in [0, 0.1) is 0 Å². The molecule has 0 radical (unpaired) electrons. The quantitative estimate of drug-likeness (QED) is 0.433. The summed E-state index contributed by atoms with van der Waals surface area (Å²) in [6, 6.07) is 10.2. The Morgan fingerprint density at radius 2 is 1.97 bits per heavy atom. The van der Waals surface area contributed by atoms with Crippen LogP contribution in [-0.2, 0) is 25.2 Å². The van der Waals surface area contributed by atoms with Crippen molar-refractivity contribution in [2.24, 2.45) is 7.05 Å². The number of pyridine rings is 1. The van der Waals surface area contributed by atoms with Crippen LogP contribution in [0.5, 0.6) is 0 Å². The Kier molecular flexibility index (Phi) is 5.29. The van der Waals surface area contributed by atoms with Crippen molar-refractivity contribution in [3.05, 3.63) is 77.5 Å². The fourth-order valence-corrected chi connectivity index (χ4v) is 6.13. The summed E-state index contributed by atoms with van der Waals surface area (Å²) in [7, 11) is 1.43. The average molecular weight is 510 g/mol. The van der Waals surface area contributed by atoms with Crippen molar-refractivity contribution in [3.8, 4) is 0 Å². The van der Waals surface area contributed by atoms with E-state index in [1.54, 1.807) is 18.0 Å². The van der Waals surface area contributed by atoms with E-state index in [0.29, 0.717) is 6.54 Å². The molecule has 11 heteroatoms. The Hall–Kier alpha value is -3.89. The number of nitrogens with zero attached hydrogens (tertiary/aromatic N) is 6. The van der Waals surface area contributed by atoms with E-state index in [-0.39, 0.29) is 17.0 Å². The number of alkyl halides is 3. The summed E-state index contributed by atoms with van der Waals surface area (Å²) in [6.07, 6.45) is 1.81. The summed E-state index contributed by atoms with van der Waals surface area (Å²) in [5, 5.41) is 11.8. The number of nitrogens with one attached hydrogen (secondary N) is 1. The number of halogens is 3. The van der Waals surface area contributed by atoms with Gasteiger partial charge in [-0.2, -0.15) is 23.4 Å². The predicted octanol–water partition coefficient (Wildman–Crippen LogP) is 4.74. The molecule has 3 aromatic heterocycles. The summed E-state index contributed by atoms with van der Waals surface area (Å²) in [6.45, 7) is 2.75. The van der Waals surface area contributed by atoms with Gasteiger partial charge in [0.25, 0.3) is 0 Å². The molecule has 4 aromatic rings. The maximum Gasteiger partial charge on any atom is 0.435 e. The van der Waals surface area contributed by atoms with E-state index in [0.717, 1.165) is 46.2 Å². The van der Waals surface area contributed by atoms with Gasteiger partial charge in [0.05, 0.1) is 17.6 Å². The van der Waals surface area contributed by atoms with Gasteiger partial charge >= 0.3 is 12.2 Å². The molecule has 6 rings (SSSR count). The summed E-state index contributed by atoms with van der Waals surface area (Å²) in [4.78, 5) is 20.1. The number of para-hydroxylation sites is 1. The van der Waals surface area contributed by atoms with Crippen LogP contribution in [0.25, 0.3) is 10.9 Å². The van der Waals surface area contributed by atoms with Gasteiger partial charge in [-0.25, -0.2) is 4.79 Å². The normalized spacial score (nSPS) is 22.1.